The molecule has 0 fully saturated rings. The SMILES string of the molecule is Cc1cc(S(=O)(=O)O)ccc1Pc1ccccn1. The quantitative estimate of drug-likeness (QED) is 0.679. The summed E-state index contributed by atoms with van der Waals surface area (Å²) in [4.78, 5) is 4.16. The van der Waals surface area contributed by atoms with Crippen LogP contribution in [0.25, 0.3) is 0 Å². The van der Waals surface area contributed by atoms with Gasteiger partial charge in [-0.25, -0.2) is 0 Å². The molecule has 1 aromatic carbocycles. The van der Waals surface area contributed by atoms with E-state index >= 15 is 0 Å². The lowest BCUT2D eigenvalue weighted by molar-refractivity contribution is 0.483. The third kappa shape index (κ3) is 3.13. The maximum atomic E-state index is 11.0. The molecule has 0 bridgehead atoms. The van der Waals surface area contributed by atoms with E-state index in [0.29, 0.717) is 8.58 Å². The topological polar surface area (TPSA) is 67.3 Å². The number of aromatic nitrogens is 1. The maximum absolute atomic E-state index is 11.0. The molecule has 4 nitrogen and oxygen atoms in total. The van der Waals surface area contributed by atoms with Gasteiger partial charge >= 0.3 is 0 Å². The van der Waals surface area contributed by atoms with Gasteiger partial charge in [-0.3, -0.25) is 9.54 Å². The van der Waals surface area contributed by atoms with Crippen LogP contribution in [-0.2, 0) is 10.1 Å². The molecule has 0 amide bonds. The molecule has 0 saturated carbocycles. The van der Waals surface area contributed by atoms with Crippen LogP contribution in [0.2, 0.25) is 0 Å². The van der Waals surface area contributed by atoms with Crippen LogP contribution < -0.4 is 10.7 Å². The van der Waals surface area contributed by atoms with E-state index in [9.17, 15) is 8.42 Å². The number of rotatable bonds is 3. The van der Waals surface area contributed by atoms with E-state index in [1.165, 1.54) is 12.1 Å². The summed E-state index contributed by atoms with van der Waals surface area (Å²) in [6.07, 6.45) is 1.73. The molecule has 0 spiro atoms. The lowest BCUT2D eigenvalue weighted by Gasteiger charge is -2.07. The molecular weight excluding hydrogens is 269 g/mol. The van der Waals surface area contributed by atoms with E-state index in [2.05, 4.69) is 4.98 Å². The first-order valence-electron chi connectivity index (χ1n) is 5.23. The summed E-state index contributed by atoms with van der Waals surface area (Å²) < 4.78 is 31.0. The zero-order valence-electron chi connectivity index (χ0n) is 9.66. The molecule has 0 aliphatic carbocycles. The second kappa shape index (κ2) is 5.14. The Bertz CT molecular complexity index is 656. The summed E-state index contributed by atoms with van der Waals surface area (Å²) in [6.45, 7) is 1.82. The van der Waals surface area contributed by atoms with Crippen LogP contribution >= 0.6 is 8.58 Å². The second-order valence-electron chi connectivity index (χ2n) is 3.79. The molecule has 2 rings (SSSR count). The van der Waals surface area contributed by atoms with Crippen molar-refractivity contribution < 1.29 is 13.0 Å². The van der Waals surface area contributed by atoms with Crippen molar-refractivity contribution in [3.05, 3.63) is 48.2 Å². The molecule has 1 unspecified atom stereocenters. The minimum absolute atomic E-state index is 0.0745. The van der Waals surface area contributed by atoms with Crippen LogP contribution in [0, 0.1) is 6.92 Å². The number of benzene rings is 1. The average molecular weight is 281 g/mol. The predicted octanol–water partition coefficient (Wildman–Crippen LogP) is 1.27. The first-order chi connectivity index (χ1) is 8.47. The van der Waals surface area contributed by atoms with Gasteiger partial charge in [0.15, 0.2) is 0 Å². The Balaban J connectivity index is 2.32. The van der Waals surface area contributed by atoms with E-state index in [0.717, 1.165) is 16.3 Å². The Kier molecular flexibility index (Phi) is 3.76. The van der Waals surface area contributed by atoms with Gasteiger partial charge in [0, 0.05) is 6.20 Å². The molecule has 18 heavy (non-hydrogen) atoms. The zero-order chi connectivity index (χ0) is 13.2. The van der Waals surface area contributed by atoms with Crippen molar-refractivity contribution >= 4 is 29.4 Å². The lowest BCUT2D eigenvalue weighted by atomic mass is 10.2. The fourth-order valence-electron chi connectivity index (χ4n) is 1.51. The Hall–Kier alpha value is -1.29. The van der Waals surface area contributed by atoms with Gasteiger partial charge < -0.3 is 0 Å². The summed E-state index contributed by atoms with van der Waals surface area (Å²) in [5.41, 5.74) is 1.77. The number of nitrogens with zero attached hydrogens (tertiary/aromatic N) is 1. The number of hydrogen-bond acceptors (Lipinski definition) is 3. The molecule has 1 atom stereocenters. The summed E-state index contributed by atoms with van der Waals surface area (Å²) in [7, 11) is -3.76. The first kappa shape index (κ1) is 13.1. The molecule has 6 heteroatoms. The van der Waals surface area contributed by atoms with Crippen molar-refractivity contribution in [2.75, 3.05) is 0 Å². The van der Waals surface area contributed by atoms with Gasteiger partial charge in [-0.15, -0.1) is 0 Å². The van der Waals surface area contributed by atoms with Crippen molar-refractivity contribution in [3.8, 4) is 0 Å². The van der Waals surface area contributed by atoms with Crippen molar-refractivity contribution in [3.63, 3.8) is 0 Å². The molecule has 0 aliphatic heterocycles. The number of pyridine rings is 1. The molecular formula is C12H12NO3PS. The predicted molar refractivity (Wildman–Crippen MR) is 72.8 cm³/mol. The monoisotopic (exact) mass is 281 g/mol. The molecule has 94 valence electrons. The van der Waals surface area contributed by atoms with Gasteiger partial charge in [0.2, 0.25) is 0 Å². The molecule has 2 aromatic rings. The third-order valence-electron chi connectivity index (χ3n) is 2.42. The summed E-state index contributed by atoms with van der Waals surface area (Å²) >= 11 is 0. The smallest absolute Gasteiger partial charge is 0.282 e. The Morgan fingerprint density at radius 1 is 1.22 bits per heavy atom. The van der Waals surface area contributed by atoms with Crippen molar-refractivity contribution in [1.82, 2.24) is 4.98 Å². The van der Waals surface area contributed by atoms with E-state index in [1.54, 1.807) is 12.3 Å². The molecule has 0 radical (unpaired) electrons. The average Bonchev–Trinajstić information content (AvgIpc) is 2.32. The second-order valence-corrected chi connectivity index (χ2v) is 6.51. The normalized spacial score (nSPS) is 12.1. The number of aryl methyl sites for hydroxylation is 1. The van der Waals surface area contributed by atoms with Crippen molar-refractivity contribution in [1.29, 1.82) is 0 Å². The van der Waals surface area contributed by atoms with E-state index in [4.69, 9.17) is 4.55 Å². The highest BCUT2D eigenvalue weighted by molar-refractivity contribution is 7.85. The van der Waals surface area contributed by atoms with Crippen molar-refractivity contribution in [2.24, 2.45) is 0 Å². The largest absolute Gasteiger partial charge is 0.294 e. The first-order valence-corrected chi connectivity index (χ1v) is 7.67. The van der Waals surface area contributed by atoms with Crippen LogP contribution in [0.5, 0.6) is 0 Å². The van der Waals surface area contributed by atoms with Gasteiger partial charge in [-0.1, -0.05) is 12.1 Å². The van der Waals surface area contributed by atoms with Gasteiger partial charge in [0.1, 0.15) is 0 Å². The van der Waals surface area contributed by atoms with E-state index in [1.807, 2.05) is 25.1 Å². The standard InChI is InChI=1S/C12H12NO3PS/c1-9-8-10(18(14,15)16)5-6-11(9)17-12-4-2-3-7-13-12/h2-8,17H,1H3,(H,14,15,16). The van der Waals surface area contributed by atoms with Gasteiger partial charge in [-0.05, 0) is 50.6 Å². The van der Waals surface area contributed by atoms with Crippen LogP contribution in [0.15, 0.2) is 47.5 Å². The van der Waals surface area contributed by atoms with Crippen LogP contribution in [0.3, 0.4) is 0 Å². The van der Waals surface area contributed by atoms with E-state index < -0.39 is 10.1 Å². The zero-order valence-corrected chi connectivity index (χ0v) is 11.5. The Morgan fingerprint density at radius 3 is 2.56 bits per heavy atom. The van der Waals surface area contributed by atoms with Crippen LogP contribution in [-0.4, -0.2) is 18.0 Å². The lowest BCUT2D eigenvalue weighted by Crippen LogP contribution is -2.10. The Labute approximate surface area is 108 Å². The van der Waals surface area contributed by atoms with Crippen LogP contribution in [0.1, 0.15) is 5.56 Å². The summed E-state index contributed by atoms with van der Waals surface area (Å²) in [5, 5.41) is 1.01. The molecule has 0 saturated heterocycles. The molecule has 1 heterocycles. The fourth-order valence-corrected chi connectivity index (χ4v) is 3.11. The highest BCUT2D eigenvalue weighted by Crippen LogP contribution is 2.16. The van der Waals surface area contributed by atoms with Crippen molar-refractivity contribution in [2.45, 2.75) is 11.8 Å². The summed E-state index contributed by atoms with van der Waals surface area (Å²) in [6, 6.07) is 10.3. The van der Waals surface area contributed by atoms with Gasteiger partial charge in [0.05, 0.1) is 10.3 Å². The van der Waals surface area contributed by atoms with E-state index in [-0.39, 0.29) is 4.90 Å². The van der Waals surface area contributed by atoms with Crippen LogP contribution in [0.4, 0.5) is 0 Å². The fraction of sp³-hybridized carbons (Fsp3) is 0.0833. The molecule has 0 aliphatic rings. The molecule has 1 N–H and O–H groups in total. The third-order valence-corrected chi connectivity index (χ3v) is 4.66. The number of hydrogen-bond donors (Lipinski definition) is 1. The maximum Gasteiger partial charge on any atom is 0.294 e. The summed E-state index contributed by atoms with van der Waals surface area (Å²) in [5.74, 6) is 0. The molecule has 1 aromatic heterocycles. The Morgan fingerprint density at radius 2 is 2.00 bits per heavy atom. The highest BCUT2D eigenvalue weighted by Gasteiger charge is 2.11. The van der Waals surface area contributed by atoms with Gasteiger partial charge in [0.25, 0.3) is 10.1 Å². The van der Waals surface area contributed by atoms with Gasteiger partial charge in [-0.2, -0.15) is 8.42 Å². The minimum atomic E-state index is -4.13. The highest BCUT2D eigenvalue weighted by atomic mass is 32.2. The minimum Gasteiger partial charge on any atom is -0.282 e.